The van der Waals surface area contributed by atoms with Crippen LogP contribution >= 0.6 is 0 Å². The molecule has 1 aromatic carbocycles. The van der Waals surface area contributed by atoms with E-state index in [0.29, 0.717) is 0 Å². The number of Topliss-reactive ketones (excluding diaryl/α,β-unsaturated/α-hetero) is 1. The average Bonchev–Trinajstić information content (AvgIpc) is 2.21. The minimum Gasteiger partial charge on any atom is -0.327 e. The largest absolute Gasteiger partial charge is 0.327 e. The Morgan fingerprint density at radius 1 is 1.50 bits per heavy atom. The zero-order chi connectivity index (χ0) is 12.1. The fraction of sp³-hybridized carbons (Fsp3) is 0.462. The van der Waals surface area contributed by atoms with Crippen LogP contribution in [0.15, 0.2) is 18.2 Å². The fourth-order valence-corrected chi connectivity index (χ4v) is 1.67. The van der Waals surface area contributed by atoms with Gasteiger partial charge in [0.05, 0.1) is 5.56 Å². The van der Waals surface area contributed by atoms with Gasteiger partial charge in [0.1, 0.15) is 5.82 Å². The lowest BCUT2D eigenvalue weighted by Crippen LogP contribution is -2.24. The number of halogens is 1. The lowest BCUT2D eigenvalue weighted by molar-refractivity contribution is 0.0969. The van der Waals surface area contributed by atoms with Crippen molar-refractivity contribution in [2.24, 2.45) is 5.73 Å². The average molecular weight is 223 g/mol. The highest BCUT2D eigenvalue weighted by Gasteiger charge is 2.14. The molecule has 0 aliphatic heterocycles. The van der Waals surface area contributed by atoms with E-state index >= 15 is 0 Å². The minimum absolute atomic E-state index is 0.159. The molecule has 1 unspecified atom stereocenters. The van der Waals surface area contributed by atoms with Crippen LogP contribution in [0.1, 0.15) is 42.1 Å². The lowest BCUT2D eigenvalue weighted by atomic mass is 10.00. The zero-order valence-corrected chi connectivity index (χ0v) is 9.79. The first-order valence-corrected chi connectivity index (χ1v) is 5.59. The second kappa shape index (κ2) is 5.75. The molecule has 16 heavy (non-hydrogen) atoms. The van der Waals surface area contributed by atoms with Crippen LogP contribution in [0.25, 0.3) is 0 Å². The van der Waals surface area contributed by atoms with Gasteiger partial charge in [-0.15, -0.1) is 0 Å². The molecule has 2 N–H and O–H groups in total. The van der Waals surface area contributed by atoms with E-state index in [9.17, 15) is 9.18 Å². The molecule has 0 saturated carbocycles. The van der Waals surface area contributed by atoms with E-state index in [1.165, 1.54) is 6.07 Å². The van der Waals surface area contributed by atoms with Crippen molar-refractivity contribution in [3.05, 3.63) is 35.1 Å². The lowest BCUT2D eigenvalue weighted by Gasteiger charge is -2.10. The third-order valence-electron chi connectivity index (χ3n) is 2.53. The third-order valence-corrected chi connectivity index (χ3v) is 2.53. The SMILES string of the molecule is CCCC(N)CC(=O)c1cc(C)ccc1F. The number of carbonyl (C=O) groups is 1. The Morgan fingerprint density at radius 2 is 2.19 bits per heavy atom. The van der Waals surface area contributed by atoms with Crippen molar-refractivity contribution in [3.8, 4) is 0 Å². The van der Waals surface area contributed by atoms with Crippen molar-refractivity contribution in [1.82, 2.24) is 0 Å². The summed E-state index contributed by atoms with van der Waals surface area (Å²) < 4.78 is 13.4. The number of nitrogens with two attached hydrogens (primary N) is 1. The first-order chi connectivity index (χ1) is 7.54. The van der Waals surface area contributed by atoms with Crippen molar-refractivity contribution in [2.45, 2.75) is 39.2 Å². The first-order valence-electron chi connectivity index (χ1n) is 5.59. The Labute approximate surface area is 95.7 Å². The summed E-state index contributed by atoms with van der Waals surface area (Å²) in [5.74, 6) is -0.665. The van der Waals surface area contributed by atoms with Gasteiger partial charge in [-0.2, -0.15) is 0 Å². The monoisotopic (exact) mass is 223 g/mol. The summed E-state index contributed by atoms with van der Waals surface area (Å²) in [5.41, 5.74) is 6.81. The molecule has 0 radical (unpaired) electrons. The molecule has 0 aliphatic rings. The third kappa shape index (κ3) is 3.42. The molecule has 0 bridgehead atoms. The summed E-state index contributed by atoms with van der Waals surface area (Å²) in [6.07, 6.45) is 1.94. The number of carbonyl (C=O) groups excluding carboxylic acids is 1. The van der Waals surface area contributed by atoms with Crippen LogP contribution in [0, 0.1) is 12.7 Å². The summed E-state index contributed by atoms with van der Waals surface area (Å²) in [5, 5.41) is 0. The molecule has 0 fully saturated rings. The number of hydrogen-bond donors (Lipinski definition) is 1. The second-order valence-electron chi connectivity index (χ2n) is 4.16. The van der Waals surface area contributed by atoms with E-state index in [4.69, 9.17) is 5.73 Å². The van der Waals surface area contributed by atoms with Gasteiger partial charge in [0.2, 0.25) is 0 Å². The van der Waals surface area contributed by atoms with Gasteiger partial charge in [0.25, 0.3) is 0 Å². The Balaban J connectivity index is 2.76. The van der Waals surface area contributed by atoms with Crippen LogP contribution in [-0.2, 0) is 0 Å². The molecule has 2 nitrogen and oxygen atoms in total. The van der Waals surface area contributed by atoms with Gasteiger partial charge in [0, 0.05) is 12.5 Å². The first kappa shape index (κ1) is 12.8. The zero-order valence-electron chi connectivity index (χ0n) is 9.79. The van der Waals surface area contributed by atoms with Crippen molar-refractivity contribution >= 4 is 5.78 Å². The highest BCUT2D eigenvalue weighted by atomic mass is 19.1. The van der Waals surface area contributed by atoms with E-state index in [1.807, 2.05) is 13.8 Å². The van der Waals surface area contributed by atoms with Gasteiger partial charge in [-0.3, -0.25) is 4.79 Å². The molecule has 1 aromatic rings. The molecular weight excluding hydrogens is 205 g/mol. The summed E-state index contributed by atoms with van der Waals surface area (Å²) in [6.45, 7) is 3.85. The predicted molar refractivity (Wildman–Crippen MR) is 63.0 cm³/mol. The number of hydrogen-bond acceptors (Lipinski definition) is 2. The molecule has 88 valence electrons. The standard InChI is InChI=1S/C13H18FNO/c1-3-4-10(15)8-13(16)11-7-9(2)5-6-12(11)14/h5-7,10H,3-4,8,15H2,1-2H3. The van der Waals surface area contributed by atoms with Crippen LogP contribution in [0.3, 0.4) is 0 Å². The molecule has 0 saturated heterocycles. The molecule has 0 spiro atoms. The van der Waals surface area contributed by atoms with E-state index in [2.05, 4.69) is 0 Å². The Bertz CT molecular complexity index is 376. The van der Waals surface area contributed by atoms with E-state index in [1.54, 1.807) is 12.1 Å². The fourth-order valence-electron chi connectivity index (χ4n) is 1.67. The summed E-state index contributed by atoms with van der Waals surface area (Å²) >= 11 is 0. The minimum atomic E-state index is -0.459. The molecule has 0 aliphatic carbocycles. The molecule has 0 aromatic heterocycles. The summed E-state index contributed by atoms with van der Waals surface area (Å²) in [7, 11) is 0. The molecule has 1 atom stereocenters. The molecule has 0 amide bonds. The van der Waals surface area contributed by atoms with E-state index in [0.717, 1.165) is 18.4 Å². The van der Waals surface area contributed by atoms with E-state index < -0.39 is 5.82 Å². The number of ketones is 1. The van der Waals surface area contributed by atoms with Gasteiger partial charge in [0.15, 0.2) is 5.78 Å². The Morgan fingerprint density at radius 3 is 2.81 bits per heavy atom. The van der Waals surface area contributed by atoms with E-state index in [-0.39, 0.29) is 23.8 Å². The van der Waals surface area contributed by atoms with Crippen molar-refractivity contribution in [1.29, 1.82) is 0 Å². The highest BCUT2D eigenvalue weighted by molar-refractivity contribution is 5.96. The smallest absolute Gasteiger partial charge is 0.167 e. The number of rotatable bonds is 5. The van der Waals surface area contributed by atoms with Crippen LogP contribution < -0.4 is 5.73 Å². The predicted octanol–water partition coefficient (Wildman–Crippen LogP) is 2.83. The Hall–Kier alpha value is -1.22. The molecule has 1 rings (SSSR count). The van der Waals surface area contributed by atoms with Gasteiger partial charge in [-0.25, -0.2) is 4.39 Å². The molecular formula is C13H18FNO. The van der Waals surface area contributed by atoms with Gasteiger partial charge < -0.3 is 5.73 Å². The topological polar surface area (TPSA) is 43.1 Å². The maximum atomic E-state index is 13.4. The highest BCUT2D eigenvalue weighted by Crippen LogP contribution is 2.14. The van der Waals surface area contributed by atoms with Gasteiger partial charge in [-0.05, 0) is 25.5 Å². The van der Waals surface area contributed by atoms with Gasteiger partial charge >= 0.3 is 0 Å². The quantitative estimate of drug-likeness (QED) is 0.780. The van der Waals surface area contributed by atoms with Gasteiger partial charge in [-0.1, -0.05) is 25.0 Å². The number of benzene rings is 1. The summed E-state index contributed by atoms with van der Waals surface area (Å²) in [6, 6.07) is 4.39. The number of aryl methyl sites for hydroxylation is 1. The maximum Gasteiger partial charge on any atom is 0.167 e. The second-order valence-corrected chi connectivity index (χ2v) is 4.16. The van der Waals surface area contributed by atoms with Crippen LogP contribution in [-0.4, -0.2) is 11.8 Å². The van der Waals surface area contributed by atoms with Crippen molar-refractivity contribution < 1.29 is 9.18 Å². The maximum absolute atomic E-state index is 13.4. The summed E-state index contributed by atoms with van der Waals surface area (Å²) in [4.78, 5) is 11.8. The van der Waals surface area contributed by atoms with Crippen LogP contribution in [0.4, 0.5) is 4.39 Å². The normalized spacial score (nSPS) is 12.5. The van der Waals surface area contributed by atoms with Crippen molar-refractivity contribution in [2.75, 3.05) is 0 Å². The van der Waals surface area contributed by atoms with Crippen LogP contribution in [0.5, 0.6) is 0 Å². The van der Waals surface area contributed by atoms with Crippen molar-refractivity contribution in [3.63, 3.8) is 0 Å². The van der Waals surface area contributed by atoms with Crippen LogP contribution in [0.2, 0.25) is 0 Å². The Kier molecular flexibility index (Phi) is 4.62. The molecule has 3 heteroatoms. The molecule has 0 heterocycles.